The Hall–Kier alpha value is 0.0600. The van der Waals surface area contributed by atoms with Gasteiger partial charge < -0.3 is 5.73 Å². The second kappa shape index (κ2) is 5.60. The van der Waals surface area contributed by atoms with Crippen LogP contribution < -0.4 is 5.73 Å². The Bertz CT molecular complexity index is 494. The van der Waals surface area contributed by atoms with E-state index in [0.717, 1.165) is 17.8 Å². The van der Waals surface area contributed by atoms with Gasteiger partial charge in [-0.25, -0.2) is 8.42 Å². The van der Waals surface area contributed by atoms with Crippen molar-refractivity contribution in [3.8, 4) is 0 Å². The van der Waals surface area contributed by atoms with Crippen LogP contribution in [0, 0.1) is 23.2 Å². The van der Waals surface area contributed by atoms with Crippen molar-refractivity contribution in [2.24, 2.45) is 28.9 Å². The maximum atomic E-state index is 12.2. The predicted molar refractivity (Wildman–Crippen MR) is 86.2 cm³/mol. The summed E-state index contributed by atoms with van der Waals surface area (Å²) in [5, 5.41) is 0. The van der Waals surface area contributed by atoms with E-state index in [4.69, 9.17) is 5.73 Å². The first kappa shape index (κ1) is 15.9. The van der Waals surface area contributed by atoms with Crippen molar-refractivity contribution in [1.29, 1.82) is 0 Å². The molecule has 2 N–H and O–H groups in total. The molecule has 4 rings (SSSR count). The molecule has 4 saturated carbocycles. The summed E-state index contributed by atoms with van der Waals surface area (Å²) in [5.74, 6) is 3.23. The summed E-state index contributed by atoms with van der Waals surface area (Å²) in [4.78, 5) is 0. The molecular weight excluding hydrogens is 306 g/mol. The van der Waals surface area contributed by atoms with Crippen LogP contribution in [0.15, 0.2) is 0 Å². The second-order valence-corrected chi connectivity index (χ2v) is 11.7. The summed E-state index contributed by atoms with van der Waals surface area (Å²) in [5.41, 5.74) is 6.67. The van der Waals surface area contributed by atoms with E-state index in [1.807, 2.05) is 0 Å². The molecular formula is C15H27NO3S2. The summed E-state index contributed by atoms with van der Waals surface area (Å²) in [7, 11) is -4.15. The van der Waals surface area contributed by atoms with Gasteiger partial charge in [-0.15, -0.1) is 0 Å². The van der Waals surface area contributed by atoms with Crippen LogP contribution in [0.2, 0.25) is 0 Å². The zero-order chi connectivity index (χ0) is 15.3. The van der Waals surface area contributed by atoms with E-state index in [-0.39, 0.29) is 23.0 Å². The first-order valence-electron chi connectivity index (χ1n) is 8.04. The van der Waals surface area contributed by atoms with Crippen molar-refractivity contribution in [2.75, 3.05) is 23.5 Å². The third-order valence-corrected chi connectivity index (χ3v) is 8.51. The number of sulfone groups is 1. The Balaban J connectivity index is 1.60. The highest BCUT2D eigenvalue weighted by Gasteiger charge is 2.53. The fraction of sp³-hybridized carbons (Fsp3) is 1.00. The van der Waals surface area contributed by atoms with Gasteiger partial charge in [0.05, 0.1) is 5.75 Å². The van der Waals surface area contributed by atoms with Crippen LogP contribution in [0.1, 0.15) is 38.5 Å². The molecule has 0 amide bonds. The van der Waals surface area contributed by atoms with Gasteiger partial charge in [-0.05, 0) is 61.7 Å². The van der Waals surface area contributed by atoms with Crippen molar-refractivity contribution >= 4 is 20.6 Å². The van der Waals surface area contributed by atoms with E-state index in [1.54, 1.807) is 0 Å². The summed E-state index contributed by atoms with van der Waals surface area (Å²) in [6.07, 6.45) is 8.97. The van der Waals surface area contributed by atoms with Gasteiger partial charge in [0.15, 0.2) is 0 Å². The Kier molecular flexibility index (Phi) is 4.25. The third-order valence-electron chi connectivity index (χ3n) is 5.92. The fourth-order valence-corrected chi connectivity index (χ4v) is 8.21. The lowest BCUT2D eigenvalue weighted by Crippen LogP contribution is -2.56. The Morgan fingerprint density at radius 3 is 2.05 bits per heavy atom. The molecule has 0 saturated heterocycles. The molecule has 4 nitrogen and oxygen atoms in total. The van der Waals surface area contributed by atoms with Gasteiger partial charge in [-0.3, -0.25) is 4.21 Å². The minimum atomic E-state index is -3.03. The minimum Gasteiger partial charge on any atom is -0.326 e. The van der Waals surface area contributed by atoms with E-state index in [0.29, 0.717) is 5.75 Å². The van der Waals surface area contributed by atoms with Crippen LogP contribution >= 0.6 is 0 Å². The molecule has 0 spiro atoms. The molecule has 2 atom stereocenters. The zero-order valence-electron chi connectivity index (χ0n) is 12.8. The lowest BCUT2D eigenvalue weighted by Gasteiger charge is -2.58. The summed E-state index contributed by atoms with van der Waals surface area (Å²) in [6.45, 7) is 0. The van der Waals surface area contributed by atoms with E-state index in [1.165, 1.54) is 44.8 Å². The molecule has 0 aromatic rings. The van der Waals surface area contributed by atoms with Crippen molar-refractivity contribution in [1.82, 2.24) is 0 Å². The summed E-state index contributed by atoms with van der Waals surface area (Å²) >= 11 is 0. The van der Waals surface area contributed by atoms with Crippen molar-refractivity contribution in [3.05, 3.63) is 0 Å². The van der Waals surface area contributed by atoms with Crippen LogP contribution in [-0.2, 0) is 20.6 Å². The molecule has 0 radical (unpaired) electrons. The molecule has 2 unspecified atom stereocenters. The van der Waals surface area contributed by atoms with Crippen LogP contribution in [-0.4, -0.2) is 42.2 Å². The monoisotopic (exact) mass is 333 g/mol. The highest BCUT2D eigenvalue weighted by Crippen LogP contribution is 2.61. The SMILES string of the molecule is CS(=O)(=O)CCS(=O)CC(N)C12CC3CC(CC(C3)C1)C2. The minimum absolute atomic E-state index is 0.00715. The number of hydrogen-bond donors (Lipinski definition) is 1. The van der Waals surface area contributed by atoms with Gasteiger partial charge in [0.1, 0.15) is 9.84 Å². The standard InChI is InChI=1S/C15H27NO3S2/c1-21(18,19)3-2-20(17)10-14(16)15-7-11-4-12(8-15)6-13(5-11)9-15/h11-14H,2-10,16H2,1H3. The topological polar surface area (TPSA) is 77.2 Å². The average molecular weight is 334 g/mol. The van der Waals surface area contributed by atoms with Gasteiger partial charge in [-0.1, -0.05) is 0 Å². The van der Waals surface area contributed by atoms with Crippen molar-refractivity contribution in [3.63, 3.8) is 0 Å². The highest BCUT2D eigenvalue weighted by atomic mass is 32.2. The molecule has 21 heavy (non-hydrogen) atoms. The Morgan fingerprint density at radius 2 is 1.62 bits per heavy atom. The average Bonchev–Trinajstić information content (AvgIpc) is 2.34. The Morgan fingerprint density at radius 1 is 1.14 bits per heavy atom. The molecule has 0 aromatic heterocycles. The van der Waals surface area contributed by atoms with Crippen LogP contribution in [0.25, 0.3) is 0 Å². The molecule has 122 valence electrons. The molecule has 0 aliphatic heterocycles. The highest BCUT2D eigenvalue weighted by molar-refractivity contribution is 7.92. The number of rotatable bonds is 6. The van der Waals surface area contributed by atoms with Gasteiger partial charge in [-0.2, -0.15) is 0 Å². The molecule has 6 heteroatoms. The van der Waals surface area contributed by atoms with Gasteiger partial charge in [0.2, 0.25) is 0 Å². The van der Waals surface area contributed by atoms with E-state index in [2.05, 4.69) is 0 Å². The summed E-state index contributed by atoms with van der Waals surface area (Å²) in [6, 6.07) is -0.0220. The second-order valence-electron chi connectivity index (χ2n) is 7.83. The van der Waals surface area contributed by atoms with Gasteiger partial charge >= 0.3 is 0 Å². The van der Waals surface area contributed by atoms with Crippen LogP contribution in [0.4, 0.5) is 0 Å². The van der Waals surface area contributed by atoms with Crippen LogP contribution in [0.5, 0.6) is 0 Å². The molecule has 4 bridgehead atoms. The van der Waals surface area contributed by atoms with Gasteiger partial charge in [0.25, 0.3) is 0 Å². The Labute approximate surface area is 130 Å². The third kappa shape index (κ3) is 3.53. The van der Waals surface area contributed by atoms with E-state index >= 15 is 0 Å². The smallest absolute Gasteiger partial charge is 0.148 e. The molecule has 4 aliphatic rings. The fourth-order valence-electron chi connectivity index (χ4n) is 5.34. The first-order valence-corrected chi connectivity index (χ1v) is 11.6. The largest absolute Gasteiger partial charge is 0.326 e. The molecule has 4 aliphatic carbocycles. The maximum absolute atomic E-state index is 12.2. The predicted octanol–water partition coefficient (Wildman–Crippen LogP) is 1.32. The molecule has 4 fully saturated rings. The van der Waals surface area contributed by atoms with Crippen molar-refractivity contribution in [2.45, 2.75) is 44.6 Å². The maximum Gasteiger partial charge on any atom is 0.148 e. The number of hydrogen-bond acceptors (Lipinski definition) is 4. The lowest BCUT2D eigenvalue weighted by molar-refractivity contribution is -0.0630. The first-order chi connectivity index (χ1) is 9.76. The number of nitrogens with two attached hydrogens (primary N) is 1. The quantitative estimate of drug-likeness (QED) is 0.795. The van der Waals surface area contributed by atoms with Crippen molar-refractivity contribution < 1.29 is 12.6 Å². The van der Waals surface area contributed by atoms with E-state index in [9.17, 15) is 12.6 Å². The van der Waals surface area contributed by atoms with Gasteiger partial charge in [0, 0.05) is 34.6 Å². The van der Waals surface area contributed by atoms with Crippen LogP contribution in [0.3, 0.4) is 0 Å². The summed E-state index contributed by atoms with van der Waals surface area (Å²) < 4.78 is 34.5. The normalized spacial score (nSPS) is 41.1. The van der Waals surface area contributed by atoms with E-state index < -0.39 is 20.6 Å². The lowest BCUT2D eigenvalue weighted by atomic mass is 9.48. The molecule has 0 heterocycles. The molecule has 0 aromatic carbocycles. The zero-order valence-corrected chi connectivity index (χ0v) is 14.4.